The molecule has 8 nitrogen and oxygen atoms in total. The number of aliphatic carboxylic acids is 1. The second-order valence-corrected chi connectivity index (χ2v) is 10.6. The number of rotatable bonds is 9. The highest BCUT2D eigenvalue weighted by Crippen LogP contribution is 2.43. The van der Waals surface area contributed by atoms with E-state index in [-0.39, 0.29) is 17.8 Å². The SMILES string of the molecule is Cc1cc(/C(O)=C2/C(=O)C(=O)N(c3ccc(CC(=O)O)cc3)C2c2ccc(N(C)C)cc2)ccc1OCC(C)C. The monoisotopic (exact) mass is 542 g/mol. The van der Waals surface area contributed by atoms with Crippen molar-refractivity contribution in [1.82, 2.24) is 0 Å². The first-order valence-corrected chi connectivity index (χ1v) is 13.1. The summed E-state index contributed by atoms with van der Waals surface area (Å²) >= 11 is 0. The zero-order chi connectivity index (χ0) is 29.1. The van der Waals surface area contributed by atoms with Crippen molar-refractivity contribution < 1.29 is 29.3 Å². The summed E-state index contributed by atoms with van der Waals surface area (Å²) in [6.07, 6.45) is -0.162. The number of Topliss-reactive ketones (excluding diaryl/α,β-unsaturated/α-hetero) is 1. The number of carbonyl (C=O) groups is 3. The van der Waals surface area contributed by atoms with Gasteiger partial charge in [-0.1, -0.05) is 38.1 Å². The summed E-state index contributed by atoms with van der Waals surface area (Å²) in [5.74, 6) is -1.79. The summed E-state index contributed by atoms with van der Waals surface area (Å²) < 4.78 is 5.86. The van der Waals surface area contributed by atoms with Crippen molar-refractivity contribution >= 4 is 34.8 Å². The van der Waals surface area contributed by atoms with Crippen LogP contribution in [0.2, 0.25) is 0 Å². The number of nitrogens with zero attached hydrogens (tertiary/aromatic N) is 2. The second kappa shape index (κ2) is 11.7. The maximum Gasteiger partial charge on any atom is 0.307 e. The summed E-state index contributed by atoms with van der Waals surface area (Å²) in [4.78, 5) is 41.4. The molecule has 4 rings (SSSR count). The number of ether oxygens (including phenoxy) is 1. The van der Waals surface area contributed by atoms with Gasteiger partial charge in [0.1, 0.15) is 11.5 Å². The average molecular weight is 543 g/mol. The van der Waals surface area contributed by atoms with Crippen LogP contribution in [0.25, 0.3) is 5.76 Å². The molecule has 1 aliphatic heterocycles. The number of hydrogen-bond donors (Lipinski definition) is 2. The van der Waals surface area contributed by atoms with Gasteiger partial charge in [-0.15, -0.1) is 0 Å². The maximum atomic E-state index is 13.5. The van der Waals surface area contributed by atoms with Gasteiger partial charge < -0.3 is 19.8 Å². The van der Waals surface area contributed by atoms with Crippen molar-refractivity contribution in [1.29, 1.82) is 0 Å². The van der Waals surface area contributed by atoms with Crippen molar-refractivity contribution in [3.63, 3.8) is 0 Å². The lowest BCUT2D eigenvalue weighted by atomic mass is 9.94. The third kappa shape index (κ3) is 5.86. The molecular formula is C32H34N2O6. The Labute approximate surface area is 234 Å². The lowest BCUT2D eigenvalue weighted by Gasteiger charge is -2.26. The molecule has 0 bridgehead atoms. The summed E-state index contributed by atoms with van der Waals surface area (Å²) in [7, 11) is 3.83. The number of aliphatic hydroxyl groups excluding tert-OH is 1. The zero-order valence-electron chi connectivity index (χ0n) is 23.3. The number of ketones is 1. The maximum absolute atomic E-state index is 13.5. The molecule has 1 aliphatic rings. The number of hydrogen-bond acceptors (Lipinski definition) is 6. The van der Waals surface area contributed by atoms with E-state index in [4.69, 9.17) is 9.84 Å². The largest absolute Gasteiger partial charge is 0.507 e. The fourth-order valence-corrected chi connectivity index (χ4v) is 4.69. The molecule has 2 N–H and O–H groups in total. The van der Waals surface area contributed by atoms with E-state index in [2.05, 4.69) is 13.8 Å². The molecule has 3 aromatic rings. The average Bonchev–Trinajstić information content (AvgIpc) is 3.17. The van der Waals surface area contributed by atoms with Crippen LogP contribution in [0, 0.1) is 12.8 Å². The molecule has 1 saturated heterocycles. The summed E-state index contributed by atoms with van der Waals surface area (Å²) in [5.41, 5.74) is 3.74. The van der Waals surface area contributed by atoms with E-state index in [1.54, 1.807) is 42.5 Å². The van der Waals surface area contributed by atoms with Crippen LogP contribution in [0.5, 0.6) is 5.75 Å². The van der Waals surface area contributed by atoms with Gasteiger partial charge in [0.25, 0.3) is 11.7 Å². The molecule has 40 heavy (non-hydrogen) atoms. The van der Waals surface area contributed by atoms with Crippen LogP contribution in [-0.4, -0.2) is 48.6 Å². The number of carbonyl (C=O) groups excluding carboxylic acids is 2. The molecule has 1 unspecified atom stereocenters. The number of carboxylic acids is 1. The number of aliphatic hydroxyl groups is 1. The zero-order valence-corrected chi connectivity index (χ0v) is 23.3. The number of aryl methyl sites for hydroxylation is 1. The van der Waals surface area contributed by atoms with Crippen LogP contribution in [0.1, 0.15) is 42.1 Å². The molecule has 1 amide bonds. The molecular weight excluding hydrogens is 508 g/mol. The minimum Gasteiger partial charge on any atom is -0.507 e. The molecule has 0 aromatic heterocycles. The first-order chi connectivity index (χ1) is 19.0. The summed E-state index contributed by atoms with van der Waals surface area (Å²) in [5, 5.41) is 20.6. The fourth-order valence-electron chi connectivity index (χ4n) is 4.69. The van der Waals surface area contributed by atoms with Crippen molar-refractivity contribution in [2.45, 2.75) is 33.2 Å². The van der Waals surface area contributed by atoms with E-state index < -0.39 is 23.7 Å². The minimum absolute atomic E-state index is 0.0209. The van der Waals surface area contributed by atoms with E-state index >= 15 is 0 Å². The molecule has 0 saturated carbocycles. The third-order valence-electron chi connectivity index (χ3n) is 6.76. The summed E-state index contributed by atoms with van der Waals surface area (Å²) in [6, 6.07) is 18.2. The van der Waals surface area contributed by atoms with Crippen LogP contribution >= 0.6 is 0 Å². The Morgan fingerprint density at radius 2 is 1.62 bits per heavy atom. The van der Waals surface area contributed by atoms with Gasteiger partial charge in [0.05, 0.1) is 24.6 Å². The third-order valence-corrected chi connectivity index (χ3v) is 6.76. The van der Waals surface area contributed by atoms with E-state index in [0.29, 0.717) is 40.7 Å². The Morgan fingerprint density at radius 1 is 0.975 bits per heavy atom. The molecule has 0 radical (unpaired) electrons. The predicted octanol–water partition coefficient (Wildman–Crippen LogP) is 5.35. The topological polar surface area (TPSA) is 107 Å². The van der Waals surface area contributed by atoms with Gasteiger partial charge in [-0.05, 0) is 72.0 Å². The highest BCUT2D eigenvalue weighted by molar-refractivity contribution is 6.51. The van der Waals surface area contributed by atoms with Gasteiger partial charge in [0.2, 0.25) is 0 Å². The van der Waals surface area contributed by atoms with E-state index in [1.807, 2.05) is 50.2 Å². The molecule has 3 aromatic carbocycles. The minimum atomic E-state index is -0.968. The van der Waals surface area contributed by atoms with Crippen LogP contribution in [0.15, 0.2) is 72.3 Å². The van der Waals surface area contributed by atoms with E-state index in [9.17, 15) is 19.5 Å². The summed E-state index contributed by atoms with van der Waals surface area (Å²) in [6.45, 7) is 6.52. The first-order valence-electron chi connectivity index (χ1n) is 13.1. The molecule has 8 heteroatoms. The van der Waals surface area contributed by atoms with Crippen LogP contribution in [-0.2, 0) is 20.8 Å². The Bertz CT molecular complexity index is 1460. The van der Waals surface area contributed by atoms with Gasteiger partial charge in [-0.3, -0.25) is 19.3 Å². The van der Waals surface area contributed by atoms with Crippen molar-refractivity contribution in [2.75, 3.05) is 30.5 Å². The van der Waals surface area contributed by atoms with Crippen LogP contribution in [0.3, 0.4) is 0 Å². The molecule has 0 aliphatic carbocycles. The first kappa shape index (κ1) is 28.4. The van der Waals surface area contributed by atoms with Gasteiger partial charge in [0.15, 0.2) is 0 Å². The van der Waals surface area contributed by atoms with Crippen LogP contribution < -0.4 is 14.5 Å². The van der Waals surface area contributed by atoms with E-state index in [0.717, 1.165) is 11.3 Å². The lowest BCUT2D eigenvalue weighted by molar-refractivity contribution is -0.136. The van der Waals surface area contributed by atoms with Crippen molar-refractivity contribution in [2.24, 2.45) is 5.92 Å². The normalized spacial score (nSPS) is 16.4. The fraction of sp³-hybridized carbons (Fsp3) is 0.281. The standard InChI is InChI=1S/C32H34N2O6/c1-19(2)18-40-26-15-10-23(16-20(26)3)30(37)28-29(22-8-13-24(14-9-22)33(4)5)34(32(39)31(28)38)25-11-6-21(7-12-25)17-27(35)36/h6-16,19,29,37H,17-18H2,1-5H3,(H,35,36)/b30-28-. The predicted molar refractivity (Wildman–Crippen MR) is 155 cm³/mol. The van der Waals surface area contributed by atoms with Crippen LogP contribution in [0.4, 0.5) is 11.4 Å². The molecule has 1 heterocycles. The second-order valence-electron chi connectivity index (χ2n) is 10.6. The van der Waals surface area contributed by atoms with Gasteiger partial charge in [-0.25, -0.2) is 0 Å². The number of amides is 1. The lowest BCUT2D eigenvalue weighted by Crippen LogP contribution is -2.29. The van der Waals surface area contributed by atoms with Crippen molar-refractivity contribution in [3.8, 4) is 5.75 Å². The van der Waals surface area contributed by atoms with Crippen molar-refractivity contribution in [3.05, 3.63) is 94.6 Å². The molecule has 0 spiro atoms. The number of anilines is 2. The highest BCUT2D eigenvalue weighted by atomic mass is 16.5. The Balaban J connectivity index is 1.83. The Morgan fingerprint density at radius 3 is 2.17 bits per heavy atom. The Kier molecular flexibility index (Phi) is 8.28. The molecule has 208 valence electrons. The Hall–Kier alpha value is -4.59. The molecule has 1 fully saturated rings. The number of benzene rings is 3. The smallest absolute Gasteiger partial charge is 0.307 e. The number of carboxylic acid groups (broad SMARTS) is 1. The van der Waals surface area contributed by atoms with Gasteiger partial charge in [-0.2, -0.15) is 0 Å². The van der Waals surface area contributed by atoms with Gasteiger partial charge in [0, 0.05) is 31.0 Å². The quantitative estimate of drug-likeness (QED) is 0.213. The molecule has 1 atom stereocenters. The van der Waals surface area contributed by atoms with Gasteiger partial charge >= 0.3 is 5.97 Å². The van der Waals surface area contributed by atoms with E-state index in [1.165, 1.54) is 4.90 Å². The highest BCUT2D eigenvalue weighted by Gasteiger charge is 2.47.